The van der Waals surface area contributed by atoms with Crippen molar-refractivity contribution in [3.8, 4) is 0 Å². The molecule has 1 heterocycles. The minimum Gasteiger partial charge on any atom is -0.360 e. The molecular formula is C18H29N4O2+. The normalized spacial score (nSPS) is 15.4. The van der Waals surface area contributed by atoms with E-state index in [0.717, 1.165) is 26.2 Å². The number of anilines is 1. The molecule has 6 nitrogen and oxygen atoms in total. The van der Waals surface area contributed by atoms with Crippen molar-refractivity contribution in [3.63, 3.8) is 0 Å². The number of hydrogen-bond donors (Lipinski definition) is 3. The van der Waals surface area contributed by atoms with Crippen molar-refractivity contribution in [2.45, 2.75) is 26.8 Å². The van der Waals surface area contributed by atoms with Crippen LogP contribution >= 0.6 is 0 Å². The van der Waals surface area contributed by atoms with E-state index in [0.29, 0.717) is 6.54 Å². The highest BCUT2D eigenvalue weighted by Crippen LogP contribution is 2.18. The SMILES string of the molecule is Cc1ccccc1N1CC[NH+](CC(=O)NCC(=O)NC(C)C)CC1. The topological polar surface area (TPSA) is 65.9 Å². The third-order valence-corrected chi connectivity index (χ3v) is 4.23. The monoisotopic (exact) mass is 333 g/mol. The highest BCUT2D eigenvalue weighted by molar-refractivity contribution is 5.85. The maximum absolute atomic E-state index is 12.0. The number of rotatable bonds is 6. The van der Waals surface area contributed by atoms with Crippen LogP contribution in [-0.2, 0) is 9.59 Å². The Labute approximate surface area is 144 Å². The second-order valence-electron chi connectivity index (χ2n) is 6.70. The highest BCUT2D eigenvalue weighted by atomic mass is 16.2. The molecule has 1 aliphatic heterocycles. The maximum Gasteiger partial charge on any atom is 0.275 e. The van der Waals surface area contributed by atoms with Gasteiger partial charge in [0.2, 0.25) is 5.91 Å². The van der Waals surface area contributed by atoms with E-state index in [4.69, 9.17) is 0 Å². The molecule has 0 spiro atoms. The van der Waals surface area contributed by atoms with Crippen LogP contribution in [0.5, 0.6) is 0 Å². The van der Waals surface area contributed by atoms with Gasteiger partial charge in [-0.05, 0) is 32.4 Å². The van der Waals surface area contributed by atoms with Gasteiger partial charge in [0.1, 0.15) is 0 Å². The van der Waals surface area contributed by atoms with Crippen molar-refractivity contribution in [2.24, 2.45) is 0 Å². The van der Waals surface area contributed by atoms with Crippen LogP contribution in [0.3, 0.4) is 0 Å². The Kier molecular flexibility index (Phi) is 6.61. The minimum absolute atomic E-state index is 0.0552. The highest BCUT2D eigenvalue weighted by Gasteiger charge is 2.23. The molecular weight excluding hydrogens is 304 g/mol. The fourth-order valence-corrected chi connectivity index (χ4v) is 3.00. The van der Waals surface area contributed by atoms with Gasteiger partial charge in [-0.1, -0.05) is 18.2 Å². The van der Waals surface area contributed by atoms with E-state index in [2.05, 4.69) is 46.7 Å². The molecule has 3 N–H and O–H groups in total. The number of hydrogen-bond acceptors (Lipinski definition) is 3. The van der Waals surface area contributed by atoms with Gasteiger partial charge in [-0.2, -0.15) is 0 Å². The molecule has 0 bridgehead atoms. The number of quaternary nitrogens is 1. The Balaban J connectivity index is 1.72. The van der Waals surface area contributed by atoms with Gasteiger partial charge >= 0.3 is 0 Å². The van der Waals surface area contributed by atoms with E-state index in [9.17, 15) is 9.59 Å². The number of piperazine rings is 1. The number of nitrogens with one attached hydrogen (secondary N) is 3. The predicted molar refractivity (Wildman–Crippen MR) is 95.2 cm³/mol. The molecule has 24 heavy (non-hydrogen) atoms. The predicted octanol–water partition coefficient (Wildman–Crippen LogP) is -0.659. The Morgan fingerprint density at radius 2 is 1.83 bits per heavy atom. The number of para-hydroxylation sites is 1. The summed E-state index contributed by atoms with van der Waals surface area (Å²) in [5.74, 6) is -0.203. The average Bonchev–Trinajstić information content (AvgIpc) is 2.54. The zero-order chi connectivity index (χ0) is 17.5. The van der Waals surface area contributed by atoms with E-state index in [1.165, 1.54) is 16.2 Å². The first-order valence-corrected chi connectivity index (χ1v) is 8.66. The molecule has 0 saturated carbocycles. The summed E-state index contributed by atoms with van der Waals surface area (Å²) >= 11 is 0. The molecule has 1 aromatic carbocycles. The second-order valence-corrected chi connectivity index (χ2v) is 6.70. The summed E-state index contributed by atoms with van der Waals surface area (Å²) < 4.78 is 0. The summed E-state index contributed by atoms with van der Waals surface area (Å²) in [5.41, 5.74) is 2.57. The smallest absolute Gasteiger partial charge is 0.275 e. The quantitative estimate of drug-likeness (QED) is 0.648. The molecule has 1 aliphatic rings. The van der Waals surface area contributed by atoms with Gasteiger partial charge in [-0.25, -0.2) is 0 Å². The van der Waals surface area contributed by atoms with Crippen LogP contribution in [-0.4, -0.2) is 57.1 Å². The first kappa shape index (κ1) is 18.3. The third kappa shape index (κ3) is 5.53. The van der Waals surface area contributed by atoms with E-state index in [1.807, 2.05) is 13.8 Å². The number of carbonyl (C=O) groups excluding carboxylic acids is 2. The first-order chi connectivity index (χ1) is 11.5. The number of aryl methyl sites for hydroxylation is 1. The van der Waals surface area contributed by atoms with Crippen LogP contribution in [0.2, 0.25) is 0 Å². The molecule has 2 rings (SSSR count). The third-order valence-electron chi connectivity index (χ3n) is 4.23. The standard InChI is InChI=1S/C18H28N4O2/c1-14(2)20-17(23)12-19-18(24)13-21-8-10-22(11-9-21)16-7-5-4-6-15(16)3/h4-7,14H,8-13H2,1-3H3,(H,19,24)(H,20,23)/p+1. The zero-order valence-corrected chi connectivity index (χ0v) is 14.9. The molecule has 0 radical (unpaired) electrons. The Bertz CT molecular complexity index is 566. The molecule has 6 heteroatoms. The van der Waals surface area contributed by atoms with E-state index in [-0.39, 0.29) is 24.4 Å². The summed E-state index contributed by atoms with van der Waals surface area (Å²) in [7, 11) is 0. The van der Waals surface area contributed by atoms with Crippen LogP contribution in [0.4, 0.5) is 5.69 Å². The fourth-order valence-electron chi connectivity index (χ4n) is 3.00. The van der Waals surface area contributed by atoms with Crippen LogP contribution in [0, 0.1) is 6.92 Å². The van der Waals surface area contributed by atoms with Crippen molar-refractivity contribution in [1.82, 2.24) is 10.6 Å². The zero-order valence-electron chi connectivity index (χ0n) is 14.9. The largest absolute Gasteiger partial charge is 0.360 e. The molecule has 0 aromatic heterocycles. The van der Waals surface area contributed by atoms with Crippen molar-refractivity contribution in [3.05, 3.63) is 29.8 Å². The summed E-state index contributed by atoms with van der Waals surface area (Å²) in [6.45, 7) is 10.2. The van der Waals surface area contributed by atoms with Gasteiger partial charge in [0, 0.05) is 11.7 Å². The van der Waals surface area contributed by atoms with Crippen LogP contribution in [0.25, 0.3) is 0 Å². The van der Waals surface area contributed by atoms with E-state index in [1.54, 1.807) is 0 Å². The van der Waals surface area contributed by atoms with Gasteiger partial charge in [-0.3, -0.25) is 9.59 Å². The lowest BCUT2D eigenvalue weighted by Crippen LogP contribution is -3.16. The van der Waals surface area contributed by atoms with Crippen molar-refractivity contribution < 1.29 is 14.5 Å². The molecule has 0 atom stereocenters. The Hall–Kier alpha value is -2.08. The lowest BCUT2D eigenvalue weighted by atomic mass is 10.1. The lowest BCUT2D eigenvalue weighted by Gasteiger charge is -2.34. The maximum atomic E-state index is 12.0. The Morgan fingerprint density at radius 1 is 1.17 bits per heavy atom. The van der Waals surface area contributed by atoms with Crippen molar-refractivity contribution in [1.29, 1.82) is 0 Å². The van der Waals surface area contributed by atoms with Crippen molar-refractivity contribution in [2.75, 3.05) is 44.2 Å². The molecule has 1 fully saturated rings. The van der Waals surface area contributed by atoms with Gasteiger partial charge in [-0.15, -0.1) is 0 Å². The number of carbonyl (C=O) groups is 2. The second kappa shape index (κ2) is 8.68. The molecule has 2 amide bonds. The molecule has 0 aliphatic carbocycles. The summed E-state index contributed by atoms with van der Waals surface area (Å²) in [5, 5.41) is 5.47. The van der Waals surface area contributed by atoms with Crippen LogP contribution in [0.15, 0.2) is 24.3 Å². The number of amides is 2. The van der Waals surface area contributed by atoms with E-state index < -0.39 is 0 Å². The Morgan fingerprint density at radius 3 is 2.46 bits per heavy atom. The van der Waals surface area contributed by atoms with Crippen molar-refractivity contribution >= 4 is 17.5 Å². The summed E-state index contributed by atoms with van der Waals surface area (Å²) in [6, 6.07) is 8.50. The summed E-state index contributed by atoms with van der Waals surface area (Å²) in [6.07, 6.45) is 0. The summed E-state index contributed by atoms with van der Waals surface area (Å²) in [4.78, 5) is 27.2. The molecule has 1 aromatic rings. The lowest BCUT2D eigenvalue weighted by molar-refractivity contribution is -0.892. The fraction of sp³-hybridized carbons (Fsp3) is 0.556. The van der Waals surface area contributed by atoms with Gasteiger partial charge in [0.25, 0.3) is 5.91 Å². The van der Waals surface area contributed by atoms with Gasteiger partial charge in [0.15, 0.2) is 6.54 Å². The first-order valence-electron chi connectivity index (χ1n) is 8.66. The van der Waals surface area contributed by atoms with Crippen LogP contribution < -0.4 is 20.4 Å². The number of nitrogens with zero attached hydrogens (tertiary/aromatic N) is 1. The van der Waals surface area contributed by atoms with E-state index >= 15 is 0 Å². The average molecular weight is 333 g/mol. The number of benzene rings is 1. The molecule has 132 valence electrons. The van der Waals surface area contributed by atoms with Gasteiger partial charge < -0.3 is 20.4 Å². The minimum atomic E-state index is -0.141. The molecule has 1 saturated heterocycles. The molecule has 0 unspecified atom stereocenters. The van der Waals surface area contributed by atoms with Gasteiger partial charge in [0.05, 0.1) is 32.7 Å². The van der Waals surface area contributed by atoms with Crippen LogP contribution in [0.1, 0.15) is 19.4 Å².